The van der Waals surface area contributed by atoms with E-state index < -0.39 is 0 Å². The van der Waals surface area contributed by atoms with Crippen LogP contribution in [0.4, 0.5) is 0 Å². The quantitative estimate of drug-likeness (QED) is 0.554. The molecule has 0 amide bonds. The Kier molecular flexibility index (Phi) is 9.27. The van der Waals surface area contributed by atoms with Crippen LogP contribution in [0.25, 0.3) is 0 Å². The van der Waals surface area contributed by atoms with Crippen LogP contribution in [0.5, 0.6) is 11.5 Å². The van der Waals surface area contributed by atoms with Crippen LogP contribution in [0.2, 0.25) is 0 Å². The number of hydrogen-bond acceptors (Lipinski definition) is 4. The first-order valence-corrected chi connectivity index (χ1v) is 10.3. The van der Waals surface area contributed by atoms with Crippen LogP contribution in [0, 0.1) is 5.92 Å². The fourth-order valence-electron chi connectivity index (χ4n) is 3.87. The van der Waals surface area contributed by atoms with Gasteiger partial charge in [-0.1, -0.05) is 45.1 Å². The van der Waals surface area contributed by atoms with Crippen LogP contribution in [0.15, 0.2) is 18.2 Å². The number of hydrogen-bond donors (Lipinski definition) is 1. The maximum Gasteiger partial charge on any atom is 0.197 e. The van der Waals surface area contributed by atoms with Crippen molar-refractivity contribution in [3.05, 3.63) is 23.8 Å². The highest BCUT2D eigenvalue weighted by Gasteiger charge is 2.16. The molecular weight excluding hydrogens is 326 g/mol. The molecule has 2 unspecified atom stereocenters. The SMILES string of the molecule is CCC(CNC)c1ccc(OC(C)OCCC2CCCCC2)c(OC)c1. The lowest BCUT2D eigenvalue weighted by atomic mass is 9.87. The van der Waals surface area contributed by atoms with Crippen LogP contribution in [-0.4, -0.2) is 33.6 Å². The normalized spacial score (nSPS) is 17.7. The van der Waals surface area contributed by atoms with Gasteiger partial charge in [0.2, 0.25) is 0 Å². The van der Waals surface area contributed by atoms with E-state index in [-0.39, 0.29) is 6.29 Å². The lowest BCUT2D eigenvalue weighted by Gasteiger charge is -2.23. The molecule has 1 saturated carbocycles. The lowest BCUT2D eigenvalue weighted by Crippen LogP contribution is -2.19. The number of nitrogens with one attached hydrogen (secondary N) is 1. The van der Waals surface area contributed by atoms with Gasteiger partial charge in [0.05, 0.1) is 13.7 Å². The topological polar surface area (TPSA) is 39.7 Å². The van der Waals surface area contributed by atoms with Crippen LogP contribution in [-0.2, 0) is 4.74 Å². The highest BCUT2D eigenvalue weighted by atomic mass is 16.7. The maximum absolute atomic E-state index is 5.99. The maximum atomic E-state index is 5.99. The molecule has 26 heavy (non-hydrogen) atoms. The van der Waals surface area contributed by atoms with Gasteiger partial charge in [0, 0.05) is 6.54 Å². The summed E-state index contributed by atoms with van der Waals surface area (Å²) in [5.41, 5.74) is 1.27. The number of benzene rings is 1. The van der Waals surface area contributed by atoms with Crippen molar-refractivity contribution < 1.29 is 14.2 Å². The molecule has 2 atom stereocenters. The van der Waals surface area contributed by atoms with Gasteiger partial charge in [0.1, 0.15) is 0 Å². The third-order valence-electron chi connectivity index (χ3n) is 5.50. The number of likely N-dealkylation sites (N-methyl/N-ethyl adjacent to an activating group) is 1. The molecular formula is C22H37NO3. The standard InChI is InChI=1S/C22H37NO3/c1-5-19(16-23-3)20-11-12-21(22(15-20)24-4)26-17(2)25-14-13-18-9-7-6-8-10-18/h11-12,15,17-19,23H,5-10,13-14,16H2,1-4H3. The van der Waals surface area contributed by atoms with Crippen molar-refractivity contribution in [1.82, 2.24) is 5.32 Å². The summed E-state index contributed by atoms with van der Waals surface area (Å²) in [5, 5.41) is 3.26. The molecule has 0 bridgehead atoms. The Morgan fingerprint density at radius 2 is 1.92 bits per heavy atom. The van der Waals surface area contributed by atoms with Gasteiger partial charge in [-0.3, -0.25) is 0 Å². The molecule has 148 valence electrons. The number of rotatable bonds is 11. The smallest absolute Gasteiger partial charge is 0.197 e. The van der Waals surface area contributed by atoms with E-state index in [2.05, 4.69) is 24.4 Å². The molecule has 4 heteroatoms. The van der Waals surface area contributed by atoms with Gasteiger partial charge in [0.15, 0.2) is 17.8 Å². The molecule has 0 spiro atoms. The second-order valence-electron chi connectivity index (χ2n) is 7.42. The van der Waals surface area contributed by atoms with Crippen molar-refractivity contribution in [3.8, 4) is 11.5 Å². The second-order valence-corrected chi connectivity index (χ2v) is 7.42. The fourth-order valence-corrected chi connectivity index (χ4v) is 3.87. The summed E-state index contributed by atoms with van der Waals surface area (Å²) in [6, 6.07) is 6.24. The average molecular weight is 364 g/mol. The van der Waals surface area contributed by atoms with E-state index in [1.165, 1.54) is 37.7 Å². The predicted molar refractivity (Wildman–Crippen MR) is 107 cm³/mol. The Balaban J connectivity index is 1.86. The lowest BCUT2D eigenvalue weighted by molar-refractivity contribution is -0.0720. The van der Waals surface area contributed by atoms with E-state index in [9.17, 15) is 0 Å². The van der Waals surface area contributed by atoms with Gasteiger partial charge in [-0.15, -0.1) is 0 Å². The third-order valence-corrected chi connectivity index (χ3v) is 5.50. The molecule has 1 fully saturated rings. The molecule has 0 aliphatic heterocycles. The van der Waals surface area contributed by atoms with E-state index in [0.717, 1.165) is 43.4 Å². The van der Waals surface area contributed by atoms with Crippen LogP contribution in [0.1, 0.15) is 70.3 Å². The molecule has 1 N–H and O–H groups in total. The van der Waals surface area contributed by atoms with Crippen LogP contribution >= 0.6 is 0 Å². The first kappa shape index (κ1) is 21.0. The molecule has 0 aromatic heterocycles. The molecule has 4 nitrogen and oxygen atoms in total. The van der Waals surface area contributed by atoms with Crippen molar-refractivity contribution in [2.75, 3.05) is 27.3 Å². The van der Waals surface area contributed by atoms with E-state index >= 15 is 0 Å². The Bertz CT molecular complexity index is 514. The van der Waals surface area contributed by atoms with Crippen molar-refractivity contribution in [3.63, 3.8) is 0 Å². The third kappa shape index (κ3) is 6.48. The highest BCUT2D eigenvalue weighted by molar-refractivity contribution is 5.44. The second kappa shape index (κ2) is 11.5. The molecule has 2 rings (SSSR count). The van der Waals surface area contributed by atoms with Gasteiger partial charge in [-0.05, 0) is 56.3 Å². The minimum atomic E-state index is -0.266. The molecule has 0 heterocycles. The Hall–Kier alpha value is -1.26. The van der Waals surface area contributed by atoms with E-state index in [1.807, 2.05) is 20.0 Å². The average Bonchev–Trinajstić information content (AvgIpc) is 2.67. The summed E-state index contributed by atoms with van der Waals surface area (Å²) in [4.78, 5) is 0. The predicted octanol–water partition coefficient (Wildman–Crippen LogP) is 5.12. The molecule has 0 saturated heterocycles. The monoisotopic (exact) mass is 363 g/mol. The summed E-state index contributed by atoms with van der Waals surface area (Å²) >= 11 is 0. The first-order valence-electron chi connectivity index (χ1n) is 10.3. The Labute approximate surface area is 159 Å². The molecule has 0 radical (unpaired) electrons. The van der Waals surface area contributed by atoms with E-state index in [4.69, 9.17) is 14.2 Å². The Morgan fingerprint density at radius 1 is 1.15 bits per heavy atom. The zero-order valence-electron chi connectivity index (χ0n) is 17.1. The van der Waals surface area contributed by atoms with E-state index in [1.54, 1.807) is 7.11 Å². The fraction of sp³-hybridized carbons (Fsp3) is 0.727. The van der Waals surface area contributed by atoms with Crippen LogP contribution in [0.3, 0.4) is 0 Å². The summed E-state index contributed by atoms with van der Waals surface area (Å²) in [6.07, 6.45) is 8.85. The molecule has 1 aliphatic rings. The number of ether oxygens (including phenoxy) is 3. The van der Waals surface area contributed by atoms with Crippen molar-refractivity contribution >= 4 is 0 Å². The van der Waals surface area contributed by atoms with Gasteiger partial charge in [0.25, 0.3) is 0 Å². The van der Waals surface area contributed by atoms with Gasteiger partial charge in [-0.25, -0.2) is 0 Å². The molecule has 1 aromatic carbocycles. The summed E-state index contributed by atoms with van der Waals surface area (Å²) < 4.78 is 17.4. The van der Waals surface area contributed by atoms with Crippen LogP contribution < -0.4 is 14.8 Å². The minimum Gasteiger partial charge on any atom is -0.493 e. The van der Waals surface area contributed by atoms with Gasteiger partial charge >= 0.3 is 0 Å². The first-order chi connectivity index (χ1) is 12.7. The van der Waals surface area contributed by atoms with Gasteiger partial charge < -0.3 is 19.5 Å². The largest absolute Gasteiger partial charge is 0.493 e. The highest BCUT2D eigenvalue weighted by Crippen LogP contribution is 2.33. The minimum absolute atomic E-state index is 0.266. The summed E-state index contributed by atoms with van der Waals surface area (Å²) in [5.74, 6) is 2.84. The summed E-state index contributed by atoms with van der Waals surface area (Å²) in [7, 11) is 3.68. The summed E-state index contributed by atoms with van der Waals surface area (Å²) in [6.45, 7) is 5.90. The van der Waals surface area contributed by atoms with Crippen molar-refractivity contribution in [2.45, 2.75) is 71.0 Å². The molecule has 1 aliphatic carbocycles. The zero-order chi connectivity index (χ0) is 18.8. The number of methoxy groups -OCH3 is 1. The Morgan fingerprint density at radius 3 is 2.58 bits per heavy atom. The van der Waals surface area contributed by atoms with Crippen molar-refractivity contribution in [1.29, 1.82) is 0 Å². The van der Waals surface area contributed by atoms with Gasteiger partial charge in [-0.2, -0.15) is 0 Å². The van der Waals surface area contributed by atoms with E-state index in [0.29, 0.717) is 5.92 Å². The zero-order valence-corrected chi connectivity index (χ0v) is 17.1. The molecule has 1 aromatic rings. The van der Waals surface area contributed by atoms with Crippen molar-refractivity contribution in [2.24, 2.45) is 5.92 Å².